The molecule has 0 aromatic heterocycles. The van der Waals surface area contributed by atoms with Gasteiger partial charge in [0.25, 0.3) is 0 Å². The molecule has 1 aromatic rings. The topological polar surface area (TPSA) is 79.5 Å². The maximum atomic E-state index is 13.0. The number of ether oxygens (including phenoxy) is 1. The van der Waals surface area contributed by atoms with Crippen molar-refractivity contribution in [3.63, 3.8) is 0 Å². The van der Waals surface area contributed by atoms with Crippen molar-refractivity contribution >= 4 is 17.7 Å². The molecule has 6 nitrogen and oxygen atoms in total. The van der Waals surface area contributed by atoms with Crippen LogP contribution in [0.4, 0.5) is 10.5 Å². The van der Waals surface area contributed by atoms with Gasteiger partial charge < -0.3 is 20.7 Å². The van der Waals surface area contributed by atoms with Gasteiger partial charge in [0.05, 0.1) is 18.2 Å². The summed E-state index contributed by atoms with van der Waals surface area (Å²) in [6.45, 7) is 5.22. The Morgan fingerprint density at radius 3 is 2.71 bits per heavy atom. The summed E-state index contributed by atoms with van der Waals surface area (Å²) in [5.74, 6) is 0.110. The molecule has 1 unspecified atom stereocenters. The summed E-state index contributed by atoms with van der Waals surface area (Å²) < 4.78 is 5.71. The van der Waals surface area contributed by atoms with E-state index in [9.17, 15) is 9.59 Å². The Morgan fingerprint density at radius 2 is 2.00 bits per heavy atom. The van der Waals surface area contributed by atoms with Crippen LogP contribution in [-0.2, 0) is 9.53 Å². The Morgan fingerprint density at radius 1 is 1.21 bits per heavy atom. The van der Waals surface area contributed by atoms with E-state index in [1.165, 1.54) is 19.3 Å². The number of rotatable bonds is 7. The van der Waals surface area contributed by atoms with Gasteiger partial charge in [0.2, 0.25) is 0 Å². The normalized spacial score (nSPS) is 20.4. The third-order valence-electron chi connectivity index (χ3n) is 5.50. The van der Waals surface area contributed by atoms with E-state index in [-0.39, 0.29) is 12.0 Å². The smallest absolute Gasteiger partial charge is 0.338 e. The highest BCUT2D eigenvalue weighted by Gasteiger charge is 2.33. The number of benzene rings is 1. The van der Waals surface area contributed by atoms with Crippen LogP contribution < -0.4 is 16.0 Å². The predicted molar refractivity (Wildman–Crippen MR) is 110 cm³/mol. The number of amides is 2. The second-order valence-corrected chi connectivity index (χ2v) is 7.54. The maximum Gasteiger partial charge on any atom is 0.338 e. The highest BCUT2D eigenvalue weighted by molar-refractivity contribution is 5.95. The fraction of sp³-hybridized carbons (Fsp3) is 0.545. The van der Waals surface area contributed by atoms with Crippen molar-refractivity contribution in [1.82, 2.24) is 10.6 Å². The number of urea groups is 1. The second kappa shape index (κ2) is 9.62. The molecular weight excluding hydrogens is 354 g/mol. The third kappa shape index (κ3) is 4.86. The summed E-state index contributed by atoms with van der Waals surface area (Å²) >= 11 is 0. The van der Waals surface area contributed by atoms with Crippen LogP contribution >= 0.6 is 0 Å². The summed E-state index contributed by atoms with van der Waals surface area (Å²) in [5.41, 5.74) is 2.97. The van der Waals surface area contributed by atoms with E-state index in [1.54, 1.807) is 0 Å². The Bertz CT molecular complexity index is 738. The zero-order valence-electron chi connectivity index (χ0n) is 16.8. The molecule has 6 heteroatoms. The summed E-state index contributed by atoms with van der Waals surface area (Å²) in [7, 11) is 0. The van der Waals surface area contributed by atoms with Gasteiger partial charge in [0.1, 0.15) is 0 Å². The molecule has 0 radical (unpaired) electrons. The standard InChI is InChI=1S/C22H31N3O3/c1-3-18-19(21(26)28-14-15-9-6-5-7-10-15)20(25-22(27)24-18)16-11-8-12-17(13-16)23-4-2/h8,11-13,15,20,23H,3-7,9-10,14H2,1-2H3,(H2,24,25,27). The van der Waals surface area contributed by atoms with Gasteiger partial charge in [-0.1, -0.05) is 38.3 Å². The van der Waals surface area contributed by atoms with Crippen molar-refractivity contribution in [3.05, 3.63) is 41.1 Å². The molecule has 1 saturated carbocycles. The first-order valence-corrected chi connectivity index (χ1v) is 10.4. The summed E-state index contributed by atoms with van der Waals surface area (Å²) in [5, 5.41) is 8.96. The number of carbonyl (C=O) groups is 2. The van der Waals surface area contributed by atoms with Crippen LogP contribution in [0.2, 0.25) is 0 Å². The van der Waals surface area contributed by atoms with E-state index in [0.717, 1.165) is 30.6 Å². The van der Waals surface area contributed by atoms with Gasteiger partial charge in [0, 0.05) is 17.9 Å². The number of carbonyl (C=O) groups excluding carboxylic acids is 2. The third-order valence-corrected chi connectivity index (χ3v) is 5.50. The minimum absolute atomic E-state index is 0.292. The minimum atomic E-state index is -0.513. The van der Waals surface area contributed by atoms with Crippen LogP contribution in [0.25, 0.3) is 0 Å². The van der Waals surface area contributed by atoms with Gasteiger partial charge in [-0.25, -0.2) is 9.59 Å². The lowest BCUT2D eigenvalue weighted by Crippen LogP contribution is -2.46. The van der Waals surface area contributed by atoms with Gasteiger partial charge in [-0.3, -0.25) is 0 Å². The van der Waals surface area contributed by atoms with Crippen molar-refractivity contribution in [2.24, 2.45) is 5.92 Å². The molecule has 3 rings (SSSR count). The summed E-state index contributed by atoms with van der Waals surface area (Å²) in [6.07, 6.45) is 6.50. The van der Waals surface area contributed by atoms with Crippen molar-refractivity contribution in [2.45, 2.75) is 58.4 Å². The first-order chi connectivity index (χ1) is 13.6. The van der Waals surface area contributed by atoms with Crippen LogP contribution in [-0.4, -0.2) is 25.2 Å². The molecule has 2 aliphatic rings. The Kier molecular flexibility index (Phi) is 6.95. The Hall–Kier alpha value is -2.50. The van der Waals surface area contributed by atoms with Crippen LogP contribution in [0.15, 0.2) is 35.5 Å². The molecular formula is C22H31N3O3. The Labute approximate surface area is 167 Å². The monoisotopic (exact) mass is 385 g/mol. The molecule has 0 spiro atoms. The predicted octanol–water partition coefficient (Wildman–Crippen LogP) is 4.26. The molecule has 0 bridgehead atoms. The average Bonchev–Trinajstić information content (AvgIpc) is 2.72. The molecule has 1 aliphatic heterocycles. The van der Waals surface area contributed by atoms with Crippen LogP contribution in [0.5, 0.6) is 0 Å². The molecule has 3 N–H and O–H groups in total. The molecule has 0 saturated heterocycles. The van der Waals surface area contributed by atoms with E-state index in [0.29, 0.717) is 30.2 Å². The fourth-order valence-electron chi connectivity index (χ4n) is 4.05. The van der Waals surface area contributed by atoms with Crippen LogP contribution in [0.1, 0.15) is 64.0 Å². The van der Waals surface area contributed by atoms with Crippen molar-refractivity contribution < 1.29 is 14.3 Å². The highest BCUT2D eigenvalue weighted by atomic mass is 16.5. The maximum absolute atomic E-state index is 13.0. The zero-order valence-corrected chi connectivity index (χ0v) is 16.8. The van der Waals surface area contributed by atoms with E-state index in [1.807, 2.05) is 38.1 Å². The van der Waals surface area contributed by atoms with Gasteiger partial charge in [-0.05, 0) is 49.8 Å². The van der Waals surface area contributed by atoms with Gasteiger partial charge in [0.15, 0.2) is 0 Å². The number of hydrogen-bond donors (Lipinski definition) is 3. The molecule has 1 atom stereocenters. The van der Waals surface area contributed by atoms with E-state index in [2.05, 4.69) is 16.0 Å². The second-order valence-electron chi connectivity index (χ2n) is 7.54. The first kappa shape index (κ1) is 20.2. The number of hydrogen-bond acceptors (Lipinski definition) is 4. The fourth-order valence-corrected chi connectivity index (χ4v) is 4.05. The van der Waals surface area contributed by atoms with Crippen molar-refractivity contribution in [1.29, 1.82) is 0 Å². The van der Waals surface area contributed by atoms with Gasteiger partial charge >= 0.3 is 12.0 Å². The van der Waals surface area contributed by atoms with Crippen LogP contribution in [0.3, 0.4) is 0 Å². The molecule has 152 valence electrons. The largest absolute Gasteiger partial charge is 0.462 e. The SMILES string of the molecule is CCNc1cccc(C2NC(=O)NC(CC)=C2C(=O)OCC2CCCCC2)c1. The van der Waals surface area contributed by atoms with Gasteiger partial charge in [-0.2, -0.15) is 0 Å². The molecule has 1 aliphatic carbocycles. The van der Waals surface area contributed by atoms with Crippen molar-refractivity contribution in [2.75, 3.05) is 18.5 Å². The van der Waals surface area contributed by atoms with Crippen LogP contribution in [0, 0.1) is 5.92 Å². The van der Waals surface area contributed by atoms with E-state index < -0.39 is 6.04 Å². The minimum Gasteiger partial charge on any atom is -0.462 e. The molecule has 1 fully saturated rings. The summed E-state index contributed by atoms with van der Waals surface area (Å²) in [6, 6.07) is 7.00. The average molecular weight is 386 g/mol. The van der Waals surface area contributed by atoms with Crippen molar-refractivity contribution in [3.8, 4) is 0 Å². The number of esters is 1. The number of allylic oxidation sites excluding steroid dienone is 1. The lowest BCUT2D eigenvalue weighted by atomic mass is 9.90. The van der Waals surface area contributed by atoms with Gasteiger partial charge in [-0.15, -0.1) is 0 Å². The zero-order chi connectivity index (χ0) is 19.9. The lowest BCUT2D eigenvalue weighted by molar-refractivity contribution is -0.141. The quantitative estimate of drug-likeness (QED) is 0.613. The molecule has 28 heavy (non-hydrogen) atoms. The first-order valence-electron chi connectivity index (χ1n) is 10.4. The molecule has 2 amide bonds. The highest BCUT2D eigenvalue weighted by Crippen LogP contribution is 2.31. The van der Waals surface area contributed by atoms with E-state index in [4.69, 9.17) is 4.74 Å². The number of nitrogens with one attached hydrogen (secondary N) is 3. The Balaban J connectivity index is 1.83. The number of anilines is 1. The van der Waals surface area contributed by atoms with E-state index >= 15 is 0 Å². The molecule has 1 aromatic carbocycles. The molecule has 1 heterocycles. The summed E-state index contributed by atoms with van der Waals surface area (Å²) in [4.78, 5) is 25.2. The lowest BCUT2D eigenvalue weighted by Gasteiger charge is -2.30.